The van der Waals surface area contributed by atoms with Crippen molar-refractivity contribution in [2.24, 2.45) is 0 Å². The average Bonchev–Trinajstić information content (AvgIpc) is 2.40. The van der Waals surface area contributed by atoms with E-state index in [1.54, 1.807) is 12.1 Å². The van der Waals surface area contributed by atoms with Gasteiger partial charge < -0.3 is 16.0 Å². The lowest BCUT2D eigenvalue weighted by molar-refractivity contribution is 0.303. The maximum atomic E-state index is 8.89. The van der Waals surface area contributed by atoms with E-state index in [0.717, 1.165) is 38.3 Å². The topological polar surface area (TPSA) is 65.1 Å². The summed E-state index contributed by atoms with van der Waals surface area (Å²) in [5.41, 5.74) is 7.70. The van der Waals surface area contributed by atoms with Gasteiger partial charge in [-0.15, -0.1) is 0 Å². The molecule has 1 aromatic rings. The minimum absolute atomic E-state index is 0.531. The third kappa shape index (κ3) is 4.27. The van der Waals surface area contributed by atoms with Gasteiger partial charge in [-0.3, -0.25) is 0 Å². The van der Waals surface area contributed by atoms with Gasteiger partial charge in [0.2, 0.25) is 0 Å². The number of nitrogens with one attached hydrogen (secondary N) is 1. The van der Waals surface area contributed by atoms with Crippen LogP contribution in [0.25, 0.3) is 0 Å². The lowest BCUT2D eigenvalue weighted by Gasteiger charge is -2.18. The van der Waals surface area contributed by atoms with Crippen molar-refractivity contribution < 1.29 is 0 Å². The van der Waals surface area contributed by atoms with Crippen molar-refractivity contribution in [3.05, 3.63) is 23.8 Å². The summed E-state index contributed by atoms with van der Waals surface area (Å²) in [6, 6.07) is 7.57. The summed E-state index contributed by atoms with van der Waals surface area (Å²) in [6.45, 7) is 8.55. The van der Waals surface area contributed by atoms with Crippen molar-refractivity contribution >= 4 is 11.4 Å². The molecule has 4 nitrogen and oxygen atoms in total. The van der Waals surface area contributed by atoms with Crippen molar-refractivity contribution in [1.82, 2.24) is 4.90 Å². The molecule has 0 aliphatic rings. The molecule has 0 radical (unpaired) electrons. The summed E-state index contributed by atoms with van der Waals surface area (Å²) in [6.07, 6.45) is 1.09. The molecule has 0 saturated carbocycles. The highest BCUT2D eigenvalue weighted by Gasteiger charge is 2.01. The van der Waals surface area contributed by atoms with Crippen LogP contribution in [0.5, 0.6) is 0 Å². The van der Waals surface area contributed by atoms with Gasteiger partial charge in [0.25, 0.3) is 0 Å². The van der Waals surface area contributed by atoms with Crippen LogP contribution >= 0.6 is 0 Å². The van der Waals surface area contributed by atoms with Crippen LogP contribution in [-0.4, -0.2) is 31.1 Å². The number of hydrogen-bond acceptors (Lipinski definition) is 4. The van der Waals surface area contributed by atoms with Gasteiger partial charge in [0.1, 0.15) is 6.07 Å². The first-order valence-electron chi connectivity index (χ1n) is 6.47. The first-order valence-corrected chi connectivity index (χ1v) is 6.47. The van der Waals surface area contributed by atoms with Crippen LogP contribution in [0, 0.1) is 11.3 Å². The highest BCUT2D eigenvalue weighted by molar-refractivity contribution is 5.61. The van der Waals surface area contributed by atoms with Gasteiger partial charge >= 0.3 is 0 Å². The molecular weight excluding hydrogens is 224 g/mol. The van der Waals surface area contributed by atoms with Crippen LogP contribution in [0.4, 0.5) is 11.4 Å². The number of hydrogen-bond donors (Lipinski definition) is 2. The van der Waals surface area contributed by atoms with Gasteiger partial charge in [-0.2, -0.15) is 5.26 Å². The highest BCUT2D eigenvalue weighted by atomic mass is 15.1. The van der Waals surface area contributed by atoms with Crippen LogP contribution in [0.3, 0.4) is 0 Å². The fourth-order valence-electron chi connectivity index (χ4n) is 1.84. The molecule has 0 spiro atoms. The van der Waals surface area contributed by atoms with E-state index in [4.69, 9.17) is 11.0 Å². The van der Waals surface area contributed by atoms with E-state index in [9.17, 15) is 0 Å². The molecule has 0 aliphatic heterocycles. The number of rotatable bonds is 7. The molecular formula is C14H22N4. The largest absolute Gasteiger partial charge is 0.398 e. The Kier molecular flexibility index (Phi) is 6.03. The van der Waals surface area contributed by atoms with Crippen molar-refractivity contribution in [2.45, 2.75) is 20.3 Å². The van der Waals surface area contributed by atoms with E-state index in [1.165, 1.54) is 0 Å². The third-order valence-electron chi connectivity index (χ3n) is 3.05. The quantitative estimate of drug-likeness (QED) is 0.572. The Labute approximate surface area is 109 Å². The summed E-state index contributed by atoms with van der Waals surface area (Å²) in [4.78, 5) is 2.39. The second-order valence-corrected chi connectivity index (χ2v) is 4.22. The zero-order valence-electron chi connectivity index (χ0n) is 11.2. The molecule has 0 bridgehead atoms. The maximum absolute atomic E-state index is 8.89. The van der Waals surface area contributed by atoms with Gasteiger partial charge in [0.05, 0.1) is 5.56 Å². The Bertz CT molecular complexity index is 405. The monoisotopic (exact) mass is 246 g/mol. The zero-order chi connectivity index (χ0) is 13.4. The van der Waals surface area contributed by atoms with Crippen molar-refractivity contribution in [3.8, 4) is 6.07 Å². The van der Waals surface area contributed by atoms with Gasteiger partial charge in [-0.05, 0) is 44.3 Å². The van der Waals surface area contributed by atoms with Gasteiger partial charge in [-0.1, -0.05) is 13.8 Å². The van der Waals surface area contributed by atoms with E-state index in [1.807, 2.05) is 6.07 Å². The van der Waals surface area contributed by atoms with E-state index in [2.05, 4.69) is 30.1 Å². The standard InChI is InChI=1S/C14H22N4/c1-3-18(4-2)9-5-8-17-13-6-7-14(16)12(10-13)11-15/h6-7,10,17H,3-5,8-9,16H2,1-2H3. The first kappa shape index (κ1) is 14.3. The third-order valence-corrected chi connectivity index (χ3v) is 3.05. The van der Waals surface area contributed by atoms with Crippen LogP contribution in [0.1, 0.15) is 25.8 Å². The lowest BCUT2D eigenvalue weighted by Crippen LogP contribution is -2.25. The Morgan fingerprint density at radius 3 is 2.67 bits per heavy atom. The fraction of sp³-hybridized carbons (Fsp3) is 0.500. The minimum Gasteiger partial charge on any atom is -0.398 e. The summed E-state index contributed by atoms with van der Waals surface area (Å²) >= 11 is 0. The van der Waals surface area contributed by atoms with E-state index < -0.39 is 0 Å². The number of anilines is 2. The van der Waals surface area contributed by atoms with Gasteiger partial charge in [-0.25, -0.2) is 0 Å². The van der Waals surface area contributed by atoms with Crippen molar-refractivity contribution in [1.29, 1.82) is 5.26 Å². The van der Waals surface area contributed by atoms with E-state index in [0.29, 0.717) is 11.3 Å². The summed E-state index contributed by atoms with van der Waals surface area (Å²) in [5, 5.41) is 12.2. The van der Waals surface area contributed by atoms with Gasteiger partial charge in [0, 0.05) is 17.9 Å². The molecule has 4 heteroatoms. The Hall–Kier alpha value is -1.73. The van der Waals surface area contributed by atoms with Crippen LogP contribution in [0.15, 0.2) is 18.2 Å². The molecule has 0 unspecified atom stereocenters. The fourth-order valence-corrected chi connectivity index (χ4v) is 1.84. The molecule has 0 aromatic heterocycles. The van der Waals surface area contributed by atoms with Crippen LogP contribution in [0.2, 0.25) is 0 Å². The number of nitrogens with two attached hydrogens (primary N) is 1. The normalized spacial score (nSPS) is 10.3. The Morgan fingerprint density at radius 2 is 2.06 bits per heavy atom. The van der Waals surface area contributed by atoms with Gasteiger partial charge in [0.15, 0.2) is 0 Å². The summed E-state index contributed by atoms with van der Waals surface area (Å²) in [5.74, 6) is 0. The molecule has 0 aliphatic carbocycles. The minimum atomic E-state index is 0.531. The number of nitriles is 1. The molecule has 3 N–H and O–H groups in total. The summed E-state index contributed by atoms with van der Waals surface area (Å²) < 4.78 is 0. The van der Waals surface area contributed by atoms with Crippen LogP contribution in [-0.2, 0) is 0 Å². The second-order valence-electron chi connectivity index (χ2n) is 4.22. The Morgan fingerprint density at radius 1 is 1.33 bits per heavy atom. The molecule has 0 saturated heterocycles. The smallest absolute Gasteiger partial charge is 0.101 e. The predicted octanol–water partition coefficient (Wildman–Crippen LogP) is 2.28. The summed E-state index contributed by atoms with van der Waals surface area (Å²) in [7, 11) is 0. The van der Waals surface area contributed by atoms with E-state index in [-0.39, 0.29) is 0 Å². The lowest BCUT2D eigenvalue weighted by atomic mass is 10.2. The van der Waals surface area contributed by atoms with Crippen LogP contribution < -0.4 is 11.1 Å². The maximum Gasteiger partial charge on any atom is 0.101 e. The first-order chi connectivity index (χ1) is 8.71. The van der Waals surface area contributed by atoms with Crippen molar-refractivity contribution in [2.75, 3.05) is 37.2 Å². The molecule has 0 fully saturated rings. The second kappa shape index (κ2) is 7.57. The Balaban J connectivity index is 2.38. The number of benzene rings is 1. The van der Waals surface area contributed by atoms with Crippen molar-refractivity contribution in [3.63, 3.8) is 0 Å². The molecule has 18 heavy (non-hydrogen) atoms. The SMILES string of the molecule is CCN(CC)CCCNc1ccc(N)c(C#N)c1. The molecule has 0 amide bonds. The molecule has 0 heterocycles. The molecule has 98 valence electrons. The zero-order valence-corrected chi connectivity index (χ0v) is 11.2. The van der Waals surface area contributed by atoms with E-state index >= 15 is 0 Å². The average molecular weight is 246 g/mol. The predicted molar refractivity (Wildman–Crippen MR) is 76.5 cm³/mol. The highest BCUT2D eigenvalue weighted by Crippen LogP contribution is 2.16. The molecule has 0 atom stereocenters. The molecule has 1 rings (SSSR count). The molecule has 1 aromatic carbocycles. The number of nitrogen functional groups attached to an aromatic ring is 1. The number of nitrogens with zero attached hydrogens (tertiary/aromatic N) is 2.